The molecule has 1 aliphatic heterocycles. The highest BCUT2D eigenvalue weighted by Gasteiger charge is 2.41. The first-order valence-electron chi connectivity index (χ1n) is 13.7. The van der Waals surface area contributed by atoms with Crippen molar-refractivity contribution < 1.29 is 28.2 Å². The zero-order valence-electron chi connectivity index (χ0n) is 24.7. The summed E-state index contributed by atoms with van der Waals surface area (Å²) in [5.41, 5.74) is 1.03. The van der Waals surface area contributed by atoms with Crippen LogP contribution >= 0.6 is 11.6 Å². The summed E-state index contributed by atoms with van der Waals surface area (Å²) < 4.78 is 29.0. The van der Waals surface area contributed by atoms with Crippen molar-refractivity contribution in [1.29, 1.82) is 0 Å². The largest absolute Gasteiger partial charge is 0.465 e. The van der Waals surface area contributed by atoms with Crippen LogP contribution < -0.4 is 15.5 Å². The van der Waals surface area contributed by atoms with Crippen molar-refractivity contribution >= 4 is 54.2 Å². The van der Waals surface area contributed by atoms with Crippen LogP contribution in [-0.4, -0.2) is 79.1 Å². The second-order valence-electron chi connectivity index (χ2n) is 11.9. The molecule has 1 fully saturated rings. The van der Waals surface area contributed by atoms with E-state index in [1.165, 1.54) is 16.8 Å². The Balaban J connectivity index is 1.82. The summed E-state index contributed by atoms with van der Waals surface area (Å²) in [5, 5.41) is 19.9. The molecule has 42 heavy (non-hydrogen) atoms. The molecule has 11 nitrogen and oxygen atoms in total. The highest BCUT2D eigenvalue weighted by Crippen LogP contribution is 2.42. The minimum Gasteiger partial charge on any atom is -0.465 e. The summed E-state index contributed by atoms with van der Waals surface area (Å²) >= 11 is 6.01. The van der Waals surface area contributed by atoms with Crippen LogP contribution in [0.3, 0.4) is 0 Å². The lowest BCUT2D eigenvalue weighted by Gasteiger charge is -2.38. The summed E-state index contributed by atoms with van der Waals surface area (Å²) in [5.74, 6) is -1.15. The van der Waals surface area contributed by atoms with Gasteiger partial charge in [-0.2, -0.15) is 5.10 Å². The summed E-state index contributed by atoms with van der Waals surface area (Å²) in [7, 11) is -0.611. The van der Waals surface area contributed by atoms with Gasteiger partial charge < -0.3 is 29.8 Å². The van der Waals surface area contributed by atoms with Crippen LogP contribution in [0, 0.1) is 5.82 Å². The first-order valence-corrected chi connectivity index (χ1v) is 17.0. The van der Waals surface area contributed by atoms with Gasteiger partial charge in [-0.25, -0.2) is 14.2 Å². The fourth-order valence-corrected chi connectivity index (χ4v) is 6.05. The smallest absolute Gasteiger partial charge is 0.404 e. The average molecular weight is 621 g/mol. The summed E-state index contributed by atoms with van der Waals surface area (Å²) in [6.45, 7) is 12.0. The number of aromatic nitrogens is 3. The Bertz CT molecular complexity index is 1460. The Morgan fingerprint density at radius 3 is 2.67 bits per heavy atom. The minimum absolute atomic E-state index is 0.0378. The van der Waals surface area contributed by atoms with Crippen LogP contribution in [0.5, 0.6) is 0 Å². The number of carbonyl (C=O) groups is 2. The van der Waals surface area contributed by atoms with E-state index in [0.29, 0.717) is 37.3 Å². The minimum atomic E-state index is -2.16. The number of hydrogen-bond acceptors (Lipinski definition) is 7. The highest BCUT2D eigenvalue weighted by molar-refractivity contribution is 6.74. The molecule has 0 aliphatic carbocycles. The van der Waals surface area contributed by atoms with Crippen LogP contribution in [0.2, 0.25) is 23.3 Å². The monoisotopic (exact) mass is 620 g/mol. The molecule has 228 valence electrons. The molecule has 3 N–H and O–H groups in total. The number of pyridine rings is 1. The zero-order valence-corrected chi connectivity index (χ0v) is 26.5. The third kappa shape index (κ3) is 6.85. The van der Waals surface area contributed by atoms with Crippen molar-refractivity contribution in [2.75, 3.05) is 37.1 Å². The van der Waals surface area contributed by atoms with Crippen molar-refractivity contribution in [2.45, 2.75) is 64.0 Å². The fraction of sp³-hybridized carbons (Fsp3) is 0.500. The molecule has 14 heteroatoms. The molecule has 3 heterocycles. The molecular weight excluding hydrogens is 583 g/mol. The van der Waals surface area contributed by atoms with Gasteiger partial charge in [0.15, 0.2) is 14.1 Å². The van der Waals surface area contributed by atoms with Crippen LogP contribution in [0.15, 0.2) is 30.5 Å². The predicted octanol–water partition coefficient (Wildman–Crippen LogP) is 5.36. The number of carboxylic acid groups (broad SMARTS) is 1. The van der Waals surface area contributed by atoms with E-state index < -0.39 is 32.2 Å². The molecule has 0 saturated carbocycles. The fourth-order valence-electron chi connectivity index (χ4n) is 4.84. The Morgan fingerprint density at radius 1 is 1.29 bits per heavy atom. The maximum Gasteiger partial charge on any atom is 0.404 e. The number of rotatable bonds is 10. The molecule has 0 bridgehead atoms. The van der Waals surface area contributed by atoms with Crippen molar-refractivity contribution in [1.82, 2.24) is 20.1 Å². The van der Waals surface area contributed by atoms with Gasteiger partial charge in [0.2, 0.25) is 0 Å². The molecule has 4 rings (SSSR count). The molecule has 1 saturated heterocycles. The van der Waals surface area contributed by atoms with E-state index in [0.717, 1.165) is 0 Å². The van der Waals surface area contributed by atoms with E-state index in [9.17, 15) is 14.7 Å². The Labute approximate surface area is 250 Å². The Morgan fingerprint density at radius 2 is 2.02 bits per heavy atom. The van der Waals surface area contributed by atoms with Crippen molar-refractivity contribution in [3.8, 4) is 0 Å². The number of hydrogen-bond donors (Lipinski definition) is 3. The van der Waals surface area contributed by atoms with Crippen molar-refractivity contribution in [2.24, 2.45) is 0 Å². The van der Waals surface area contributed by atoms with Gasteiger partial charge in [0.05, 0.1) is 49.4 Å². The number of halogens is 2. The maximum absolute atomic E-state index is 15.7. The second kappa shape index (κ2) is 12.5. The Hall–Kier alpha value is -3.26. The van der Waals surface area contributed by atoms with Crippen LogP contribution in [-0.2, 0) is 15.7 Å². The maximum atomic E-state index is 15.7. The average Bonchev–Trinajstić information content (AvgIpc) is 3.49. The number of nitrogens with zero attached hydrogens (tertiary/aromatic N) is 4. The molecule has 2 atom stereocenters. The van der Waals surface area contributed by atoms with E-state index in [1.54, 1.807) is 25.4 Å². The lowest BCUT2D eigenvalue weighted by Crippen LogP contribution is -2.45. The van der Waals surface area contributed by atoms with Gasteiger partial charge in [0.25, 0.3) is 5.91 Å². The third-order valence-corrected chi connectivity index (χ3v) is 12.7. The number of methoxy groups -OCH3 is 1. The van der Waals surface area contributed by atoms with Gasteiger partial charge in [0.1, 0.15) is 16.4 Å². The number of fused-ring (bicyclic) bond motifs is 1. The van der Waals surface area contributed by atoms with E-state index >= 15 is 4.39 Å². The number of amides is 2. The van der Waals surface area contributed by atoms with Gasteiger partial charge in [-0.15, -0.1) is 0 Å². The quantitative estimate of drug-likeness (QED) is 0.204. The first-order chi connectivity index (χ1) is 19.7. The van der Waals surface area contributed by atoms with Gasteiger partial charge in [0, 0.05) is 25.1 Å². The third-order valence-electron chi connectivity index (χ3n) is 8.02. The van der Waals surface area contributed by atoms with Crippen LogP contribution in [0.1, 0.15) is 37.7 Å². The molecular formula is C28H38ClFN6O5Si. The number of benzene rings is 1. The molecule has 0 unspecified atom stereocenters. The number of anilines is 2. The van der Waals surface area contributed by atoms with E-state index in [4.69, 9.17) is 20.8 Å². The zero-order chi connectivity index (χ0) is 30.8. The Kier molecular flexibility index (Phi) is 9.45. The van der Waals surface area contributed by atoms with Gasteiger partial charge >= 0.3 is 6.09 Å². The summed E-state index contributed by atoms with van der Waals surface area (Å²) in [4.78, 5) is 30.9. The normalized spacial score (nSPS) is 17.6. The molecule has 1 aromatic carbocycles. The summed E-state index contributed by atoms with van der Waals surface area (Å²) in [6.07, 6.45) is 0.879. The topological polar surface area (TPSA) is 131 Å². The van der Waals surface area contributed by atoms with E-state index in [2.05, 4.69) is 54.6 Å². The van der Waals surface area contributed by atoms with E-state index in [1.807, 2.05) is 4.90 Å². The van der Waals surface area contributed by atoms with Crippen LogP contribution in [0.4, 0.5) is 20.6 Å². The van der Waals surface area contributed by atoms with Gasteiger partial charge in [-0.1, -0.05) is 38.4 Å². The van der Waals surface area contributed by atoms with Crippen molar-refractivity contribution in [3.05, 3.63) is 47.1 Å². The standard InChI is InChI=1S/C28H38ClFN6O5Si/c1-28(2,3)42(5,6)41-16-18-12-17(32-27(38)39)15-35(18)25-19-14-31-36(10-11-40-4)24(19)20(30)13-22(25)34-26(37)21-8-7-9-23(29)33-21/h7-9,13-14,17-18,32H,10-12,15-16H2,1-6H3,(H,34,37)(H,38,39)/t17-,18-/m0/s1. The molecule has 0 radical (unpaired) electrons. The van der Waals surface area contributed by atoms with Crippen molar-refractivity contribution in [3.63, 3.8) is 0 Å². The first kappa shape index (κ1) is 31.7. The molecule has 0 spiro atoms. The SMILES string of the molecule is COCCn1ncc2c(N3C[C@@H](NC(=O)O)C[C@H]3CO[Si](C)(C)C(C)(C)C)c(NC(=O)c3cccc(Cl)n3)cc(F)c21. The highest BCUT2D eigenvalue weighted by atomic mass is 35.5. The predicted molar refractivity (Wildman–Crippen MR) is 163 cm³/mol. The van der Waals surface area contributed by atoms with Crippen LogP contribution in [0.25, 0.3) is 10.9 Å². The van der Waals surface area contributed by atoms with Gasteiger partial charge in [-0.05, 0) is 36.7 Å². The van der Waals surface area contributed by atoms with Gasteiger partial charge in [-0.3, -0.25) is 9.48 Å². The molecule has 1 aliphatic rings. The number of carbonyl (C=O) groups excluding carboxylic acids is 1. The lowest BCUT2D eigenvalue weighted by atomic mass is 10.1. The second-order valence-corrected chi connectivity index (χ2v) is 17.1. The number of ether oxygens (including phenoxy) is 1. The van der Waals surface area contributed by atoms with E-state index in [-0.39, 0.29) is 39.7 Å². The summed E-state index contributed by atoms with van der Waals surface area (Å²) in [6, 6.07) is 5.23. The number of nitrogens with one attached hydrogen (secondary N) is 2. The molecule has 2 amide bonds. The molecule has 3 aromatic rings. The molecule has 2 aromatic heterocycles. The lowest BCUT2D eigenvalue weighted by molar-refractivity contribution is 0.102.